The second-order valence-corrected chi connectivity index (χ2v) is 11.9. The van der Waals surface area contributed by atoms with E-state index in [0.717, 1.165) is 29.8 Å². The van der Waals surface area contributed by atoms with Gasteiger partial charge in [-0.25, -0.2) is 8.42 Å². The molecule has 0 aliphatic carbocycles. The molecule has 1 aliphatic heterocycles. The highest BCUT2D eigenvalue weighted by Crippen LogP contribution is 2.27. The molecule has 0 unspecified atom stereocenters. The van der Waals surface area contributed by atoms with E-state index in [-0.39, 0.29) is 23.7 Å². The van der Waals surface area contributed by atoms with Gasteiger partial charge in [-0.15, -0.1) is 0 Å². The van der Waals surface area contributed by atoms with Gasteiger partial charge in [0.05, 0.1) is 23.2 Å². The van der Waals surface area contributed by atoms with Gasteiger partial charge in [-0.05, 0) is 75.9 Å². The Balaban J connectivity index is 1.73. The van der Waals surface area contributed by atoms with Gasteiger partial charge in [-0.3, -0.25) is 4.79 Å². The normalized spacial score (nSPS) is 19.4. The first-order chi connectivity index (χ1) is 15.0. The van der Waals surface area contributed by atoms with E-state index >= 15 is 0 Å². The van der Waals surface area contributed by atoms with Gasteiger partial charge in [-0.1, -0.05) is 24.3 Å². The quantitative estimate of drug-likeness (QED) is 0.566. The van der Waals surface area contributed by atoms with Gasteiger partial charge in [0.2, 0.25) is 0 Å². The summed E-state index contributed by atoms with van der Waals surface area (Å²) in [4.78, 5) is 15.3. The Morgan fingerprint density at radius 2 is 1.56 bits per heavy atom. The van der Waals surface area contributed by atoms with Crippen molar-refractivity contribution in [3.05, 3.63) is 64.2 Å². The Hall–Kier alpha value is -2.18. The minimum atomic E-state index is -3.16. The van der Waals surface area contributed by atoms with Crippen molar-refractivity contribution in [1.29, 1.82) is 0 Å². The summed E-state index contributed by atoms with van der Waals surface area (Å²) < 4.78 is 30.1. The number of carbonyl (C=O) groups excluding carboxylic acids is 1. The summed E-state index contributed by atoms with van der Waals surface area (Å²) in [6.07, 6.45) is 0.718. The van der Waals surface area contributed by atoms with Crippen LogP contribution in [0.5, 0.6) is 0 Å². The number of Topliss-reactive ketones (excluding diaryl/α,β-unsaturated/α-hetero) is 1. The molecule has 32 heavy (non-hydrogen) atoms. The average molecular weight is 458 g/mol. The van der Waals surface area contributed by atoms with E-state index in [1.54, 1.807) is 38.1 Å². The van der Waals surface area contributed by atoms with E-state index in [1.165, 1.54) is 5.69 Å². The highest BCUT2D eigenvalue weighted by molar-refractivity contribution is 7.91. The first-order valence-electron chi connectivity index (χ1n) is 11.3. The predicted octanol–water partition coefficient (Wildman–Crippen LogP) is 4.67. The second kappa shape index (κ2) is 9.75. The lowest BCUT2D eigenvalue weighted by Gasteiger charge is -2.37. The van der Waals surface area contributed by atoms with Crippen LogP contribution in [-0.4, -0.2) is 44.7 Å². The van der Waals surface area contributed by atoms with Crippen LogP contribution in [0.15, 0.2) is 36.4 Å². The van der Waals surface area contributed by atoms with Crippen LogP contribution < -0.4 is 4.90 Å². The number of hydrogen-bond donors (Lipinski definition) is 0. The number of morpholine rings is 1. The summed E-state index contributed by atoms with van der Waals surface area (Å²) in [5.74, 6) is 0.0354. The Labute approximate surface area is 192 Å². The number of anilines is 1. The molecule has 2 aromatic carbocycles. The largest absolute Gasteiger partial charge is 0.372 e. The van der Waals surface area contributed by atoms with Crippen LogP contribution in [0.25, 0.3) is 0 Å². The van der Waals surface area contributed by atoms with Crippen LogP contribution in [0.4, 0.5) is 5.69 Å². The van der Waals surface area contributed by atoms with E-state index in [2.05, 4.69) is 44.7 Å². The first kappa shape index (κ1) is 24.5. The number of benzene rings is 2. The third-order valence-electron chi connectivity index (χ3n) is 6.16. The van der Waals surface area contributed by atoms with E-state index in [0.29, 0.717) is 17.5 Å². The molecule has 1 fully saturated rings. The topological polar surface area (TPSA) is 63.7 Å². The fraction of sp³-hybridized carbons (Fsp3) is 0.500. The summed E-state index contributed by atoms with van der Waals surface area (Å²) in [5.41, 5.74) is 5.77. The third kappa shape index (κ3) is 5.78. The zero-order valence-electron chi connectivity index (χ0n) is 20.0. The van der Waals surface area contributed by atoms with Gasteiger partial charge in [0.25, 0.3) is 0 Å². The molecule has 0 bridgehead atoms. The fourth-order valence-electron chi connectivity index (χ4n) is 4.27. The Morgan fingerprint density at radius 3 is 2.06 bits per heavy atom. The zero-order chi connectivity index (χ0) is 23.6. The molecule has 0 saturated carbocycles. The van der Waals surface area contributed by atoms with E-state index < -0.39 is 15.1 Å². The number of carbonyl (C=O) groups is 1. The summed E-state index contributed by atoms with van der Waals surface area (Å²) in [6, 6.07) is 11.3. The first-order valence-corrected chi connectivity index (χ1v) is 13.0. The number of hydrogen-bond acceptors (Lipinski definition) is 5. The van der Waals surface area contributed by atoms with Crippen molar-refractivity contribution in [2.45, 2.75) is 71.2 Å². The molecule has 0 aromatic heterocycles. The molecule has 6 heteroatoms. The van der Waals surface area contributed by atoms with Crippen molar-refractivity contribution in [1.82, 2.24) is 0 Å². The van der Waals surface area contributed by atoms with Crippen molar-refractivity contribution < 1.29 is 17.9 Å². The van der Waals surface area contributed by atoms with Crippen molar-refractivity contribution in [3.8, 4) is 0 Å². The van der Waals surface area contributed by atoms with Crippen LogP contribution in [0.3, 0.4) is 0 Å². The number of rotatable bonds is 7. The molecule has 0 amide bonds. The number of sulfone groups is 1. The highest BCUT2D eigenvalue weighted by Gasteiger charge is 2.23. The van der Waals surface area contributed by atoms with Gasteiger partial charge in [0.15, 0.2) is 15.6 Å². The fourth-order valence-corrected chi connectivity index (χ4v) is 5.26. The molecule has 1 aliphatic rings. The minimum Gasteiger partial charge on any atom is -0.372 e. The molecule has 3 rings (SSSR count). The second-order valence-electron chi connectivity index (χ2n) is 9.37. The van der Waals surface area contributed by atoms with Gasteiger partial charge >= 0.3 is 0 Å². The smallest absolute Gasteiger partial charge is 0.167 e. The van der Waals surface area contributed by atoms with Gasteiger partial charge in [0.1, 0.15) is 0 Å². The summed E-state index contributed by atoms with van der Waals surface area (Å²) >= 11 is 0. The molecular weight excluding hydrogens is 422 g/mol. The van der Waals surface area contributed by atoms with Crippen LogP contribution in [-0.2, 0) is 26.7 Å². The monoisotopic (exact) mass is 457 g/mol. The molecule has 0 spiro atoms. The lowest BCUT2D eigenvalue weighted by molar-refractivity contribution is -0.00522. The number of nitrogens with zero attached hydrogens (tertiary/aromatic N) is 1. The van der Waals surface area contributed by atoms with Gasteiger partial charge in [0, 0.05) is 30.8 Å². The molecule has 174 valence electrons. The number of ether oxygens (including phenoxy) is 1. The summed E-state index contributed by atoms with van der Waals surface area (Å²) in [6.45, 7) is 13.4. The van der Waals surface area contributed by atoms with Crippen LogP contribution in [0.1, 0.15) is 60.3 Å². The van der Waals surface area contributed by atoms with Crippen LogP contribution >= 0.6 is 0 Å². The van der Waals surface area contributed by atoms with Crippen LogP contribution in [0.2, 0.25) is 0 Å². The maximum Gasteiger partial charge on any atom is 0.167 e. The molecule has 0 radical (unpaired) electrons. The van der Waals surface area contributed by atoms with Crippen molar-refractivity contribution >= 4 is 21.3 Å². The number of aryl methyl sites for hydroxylation is 2. The molecule has 5 nitrogen and oxygen atoms in total. The van der Waals surface area contributed by atoms with Crippen molar-refractivity contribution in [2.75, 3.05) is 18.0 Å². The van der Waals surface area contributed by atoms with Crippen molar-refractivity contribution in [3.63, 3.8) is 0 Å². The third-order valence-corrected chi connectivity index (χ3v) is 8.34. The Kier molecular flexibility index (Phi) is 7.46. The minimum absolute atomic E-state index is 0.00239. The zero-order valence-corrected chi connectivity index (χ0v) is 20.8. The Morgan fingerprint density at radius 1 is 1.03 bits per heavy atom. The average Bonchev–Trinajstić information content (AvgIpc) is 2.69. The lowest BCUT2D eigenvalue weighted by atomic mass is 9.94. The SMILES string of the molecule is Cc1cc(N2C[C@@H](C)O[C@@H](C)C2)cc(C)c1CC(=O)c1ccc(CS(=O)(=O)C(C)C)cc1. The maximum absolute atomic E-state index is 13.0. The van der Waals surface area contributed by atoms with E-state index in [1.807, 2.05) is 0 Å². The molecule has 2 atom stereocenters. The molecule has 1 heterocycles. The molecular formula is C26H35NO4S. The van der Waals surface area contributed by atoms with Gasteiger partial charge < -0.3 is 9.64 Å². The predicted molar refractivity (Wildman–Crippen MR) is 130 cm³/mol. The standard InChI is InChI=1S/C26H35NO4S/c1-17(2)32(29,30)16-22-7-9-23(10-8-22)26(28)13-25-18(3)11-24(12-19(25)4)27-14-20(5)31-21(6)15-27/h7-12,17,20-21H,13-16H2,1-6H3/t20-,21+. The Bertz CT molecular complexity index is 1040. The van der Waals surface area contributed by atoms with Gasteiger partial charge in [-0.2, -0.15) is 0 Å². The molecule has 2 aromatic rings. The number of ketones is 1. The maximum atomic E-state index is 13.0. The summed E-state index contributed by atoms with van der Waals surface area (Å²) in [5, 5.41) is -0.415. The van der Waals surface area contributed by atoms with E-state index in [4.69, 9.17) is 4.74 Å². The highest BCUT2D eigenvalue weighted by atomic mass is 32.2. The van der Waals surface area contributed by atoms with E-state index in [9.17, 15) is 13.2 Å². The molecule has 1 saturated heterocycles. The van der Waals surface area contributed by atoms with Crippen LogP contribution in [0, 0.1) is 13.8 Å². The summed E-state index contributed by atoms with van der Waals surface area (Å²) in [7, 11) is -3.16. The van der Waals surface area contributed by atoms with Crippen molar-refractivity contribution in [2.24, 2.45) is 0 Å². The molecule has 0 N–H and O–H groups in total. The lowest BCUT2D eigenvalue weighted by Crippen LogP contribution is -2.45.